The number of benzene rings is 2. The average molecular weight is 342 g/mol. The molecule has 0 saturated carbocycles. The third kappa shape index (κ3) is 5.53. The Balaban J connectivity index is 1.73. The molecule has 0 aliphatic carbocycles. The molecule has 0 unspecified atom stereocenters. The number of carbonyl (C=O) groups excluding carboxylic acids is 2. The number of urea groups is 1. The lowest BCUT2D eigenvalue weighted by molar-refractivity contribution is 0.0600. The fraction of sp³-hybridized carbons (Fsp3) is 0.263. The lowest BCUT2D eigenvalue weighted by Gasteiger charge is -2.10. The van der Waals surface area contributed by atoms with E-state index in [0.29, 0.717) is 24.4 Å². The van der Waals surface area contributed by atoms with E-state index in [9.17, 15) is 9.59 Å². The highest BCUT2D eigenvalue weighted by Crippen LogP contribution is 2.16. The first-order valence-electron chi connectivity index (χ1n) is 7.93. The van der Waals surface area contributed by atoms with Gasteiger partial charge in [0.15, 0.2) is 0 Å². The second-order valence-electron chi connectivity index (χ2n) is 5.54. The van der Waals surface area contributed by atoms with Crippen LogP contribution < -0.4 is 15.4 Å². The van der Waals surface area contributed by atoms with Gasteiger partial charge in [0, 0.05) is 5.69 Å². The van der Waals surface area contributed by atoms with Crippen molar-refractivity contribution in [1.82, 2.24) is 5.32 Å². The summed E-state index contributed by atoms with van der Waals surface area (Å²) in [6.45, 7) is 4.82. The molecule has 2 N–H and O–H groups in total. The zero-order valence-corrected chi connectivity index (χ0v) is 14.6. The molecule has 2 aromatic rings. The molecule has 0 fully saturated rings. The second kappa shape index (κ2) is 8.73. The minimum Gasteiger partial charge on any atom is -0.492 e. The van der Waals surface area contributed by atoms with Crippen molar-refractivity contribution in [2.75, 3.05) is 25.6 Å². The Morgan fingerprint density at radius 3 is 2.36 bits per heavy atom. The van der Waals surface area contributed by atoms with E-state index in [2.05, 4.69) is 15.4 Å². The fourth-order valence-electron chi connectivity index (χ4n) is 2.12. The van der Waals surface area contributed by atoms with E-state index in [1.165, 1.54) is 18.2 Å². The molecule has 0 atom stereocenters. The number of esters is 1. The third-order valence-electron chi connectivity index (χ3n) is 3.70. The lowest BCUT2D eigenvalue weighted by Crippen LogP contribution is -2.32. The quantitative estimate of drug-likeness (QED) is 0.624. The van der Waals surface area contributed by atoms with Gasteiger partial charge in [0.25, 0.3) is 0 Å². The largest absolute Gasteiger partial charge is 0.492 e. The maximum Gasteiger partial charge on any atom is 0.337 e. The van der Waals surface area contributed by atoms with Crippen LogP contribution in [0.2, 0.25) is 0 Å². The number of nitrogens with one attached hydrogen (secondary N) is 2. The van der Waals surface area contributed by atoms with Crippen LogP contribution in [0.15, 0.2) is 42.5 Å². The van der Waals surface area contributed by atoms with Gasteiger partial charge in [0.05, 0.1) is 19.2 Å². The van der Waals surface area contributed by atoms with Gasteiger partial charge in [-0.15, -0.1) is 0 Å². The van der Waals surface area contributed by atoms with Crippen LogP contribution in [0.4, 0.5) is 10.5 Å². The number of hydrogen-bond acceptors (Lipinski definition) is 4. The van der Waals surface area contributed by atoms with Gasteiger partial charge in [-0.25, -0.2) is 9.59 Å². The summed E-state index contributed by atoms with van der Waals surface area (Å²) in [6.07, 6.45) is 0. The summed E-state index contributed by atoms with van der Waals surface area (Å²) in [7, 11) is 1.32. The molecule has 0 bridgehead atoms. The maximum atomic E-state index is 11.8. The standard InChI is InChI=1S/C19H22N2O4/c1-13-4-9-17(12-14(13)2)25-11-10-20-19(23)21-16-7-5-15(6-8-16)18(22)24-3/h4-9,12H,10-11H2,1-3H3,(H2,20,21,23). The smallest absolute Gasteiger partial charge is 0.337 e. The Labute approximate surface area is 147 Å². The predicted octanol–water partition coefficient (Wildman–Crippen LogP) is 3.29. The number of carbonyl (C=O) groups is 2. The average Bonchev–Trinajstić information content (AvgIpc) is 2.61. The van der Waals surface area contributed by atoms with Crippen molar-refractivity contribution in [2.24, 2.45) is 0 Å². The van der Waals surface area contributed by atoms with Gasteiger partial charge in [0.1, 0.15) is 12.4 Å². The Morgan fingerprint density at radius 1 is 1.00 bits per heavy atom. The SMILES string of the molecule is COC(=O)c1ccc(NC(=O)NCCOc2ccc(C)c(C)c2)cc1. The molecule has 6 nitrogen and oxygen atoms in total. The number of methoxy groups -OCH3 is 1. The molecule has 0 aliphatic heterocycles. The number of aryl methyl sites for hydroxylation is 2. The van der Waals surface area contributed by atoms with E-state index in [1.54, 1.807) is 24.3 Å². The zero-order valence-electron chi connectivity index (χ0n) is 14.6. The van der Waals surface area contributed by atoms with Crippen molar-refractivity contribution in [3.8, 4) is 5.75 Å². The number of hydrogen-bond donors (Lipinski definition) is 2. The van der Waals surface area contributed by atoms with Crippen LogP contribution in [0.5, 0.6) is 5.75 Å². The minimum absolute atomic E-state index is 0.338. The minimum atomic E-state index is -0.417. The van der Waals surface area contributed by atoms with E-state index >= 15 is 0 Å². The van der Waals surface area contributed by atoms with Crippen LogP contribution in [0, 0.1) is 13.8 Å². The van der Waals surface area contributed by atoms with E-state index in [1.807, 2.05) is 32.0 Å². The maximum absolute atomic E-state index is 11.8. The number of rotatable bonds is 6. The Kier molecular flexibility index (Phi) is 6.39. The van der Waals surface area contributed by atoms with Crippen molar-refractivity contribution >= 4 is 17.7 Å². The first-order valence-corrected chi connectivity index (χ1v) is 7.93. The molecule has 132 valence electrons. The molecular formula is C19H22N2O4. The van der Waals surface area contributed by atoms with Crippen molar-refractivity contribution < 1.29 is 19.1 Å². The third-order valence-corrected chi connectivity index (χ3v) is 3.70. The summed E-state index contributed by atoms with van der Waals surface area (Å²) >= 11 is 0. The normalized spacial score (nSPS) is 10.0. The van der Waals surface area contributed by atoms with Gasteiger partial charge < -0.3 is 20.1 Å². The number of ether oxygens (including phenoxy) is 2. The molecule has 0 spiro atoms. The molecule has 0 heterocycles. The molecule has 2 rings (SSSR count). The number of anilines is 1. The predicted molar refractivity (Wildman–Crippen MR) is 96.2 cm³/mol. The second-order valence-corrected chi connectivity index (χ2v) is 5.54. The number of amides is 2. The van der Waals surface area contributed by atoms with Crippen LogP contribution in [0.1, 0.15) is 21.5 Å². The molecule has 6 heteroatoms. The van der Waals surface area contributed by atoms with E-state index in [0.717, 1.165) is 5.75 Å². The van der Waals surface area contributed by atoms with Crippen molar-refractivity contribution in [2.45, 2.75) is 13.8 Å². The Hall–Kier alpha value is -3.02. The molecule has 2 aromatic carbocycles. The topological polar surface area (TPSA) is 76.7 Å². The molecule has 0 aliphatic rings. The lowest BCUT2D eigenvalue weighted by atomic mass is 10.1. The van der Waals surface area contributed by atoms with E-state index < -0.39 is 5.97 Å². The highest BCUT2D eigenvalue weighted by molar-refractivity contribution is 5.92. The van der Waals surface area contributed by atoms with Crippen LogP contribution >= 0.6 is 0 Å². The Bertz CT molecular complexity index is 742. The first-order chi connectivity index (χ1) is 12.0. The fourth-order valence-corrected chi connectivity index (χ4v) is 2.12. The van der Waals surface area contributed by atoms with Crippen LogP contribution in [0.3, 0.4) is 0 Å². The zero-order chi connectivity index (χ0) is 18.2. The molecule has 2 amide bonds. The Morgan fingerprint density at radius 2 is 1.72 bits per heavy atom. The molecule has 0 saturated heterocycles. The highest BCUT2D eigenvalue weighted by atomic mass is 16.5. The highest BCUT2D eigenvalue weighted by Gasteiger charge is 2.06. The van der Waals surface area contributed by atoms with Crippen LogP contribution in [-0.4, -0.2) is 32.3 Å². The summed E-state index contributed by atoms with van der Waals surface area (Å²) < 4.78 is 10.2. The molecule has 25 heavy (non-hydrogen) atoms. The van der Waals surface area contributed by atoms with Gasteiger partial charge in [0.2, 0.25) is 0 Å². The van der Waals surface area contributed by atoms with Crippen molar-refractivity contribution in [1.29, 1.82) is 0 Å². The van der Waals surface area contributed by atoms with Crippen molar-refractivity contribution in [3.63, 3.8) is 0 Å². The summed E-state index contributed by atoms with van der Waals surface area (Å²) in [5.74, 6) is 0.364. The van der Waals surface area contributed by atoms with E-state index in [4.69, 9.17) is 4.74 Å². The first kappa shape index (κ1) is 18.3. The summed E-state index contributed by atoms with van der Waals surface area (Å²) in [6, 6.07) is 12.0. The summed E-state index contributed by atoms with van der Waals surface area (Å²) in [5.41, 5.74) is 3.39. The van der Waals surface area contributed by atoms with Gasteiger partial charge >= 0.3 is 12.0 Å². The molecular weight excluding hydrogens is 320 g/mol. The monoisotopic (exact) mass is 342 g/mol. The molecule has 0 aromatic heterocycles. The van der Waals surface area contributed by atoms with Gasteiger partial charge in [-0.2, -0.15) is 0 Å². The van der Waals surface area contributed by atoms with Crippen LogP contribution in [-0.2, 0) is 4.74 Å². The van der Waals surface area contributed by atoms with Gasteiger partial charge in [-0.05, 0) is 61.4 Å². The van der Waals surface area contributed by atoms with Crippen LogP contribution in [0.25, 0.3) is 0 Å². The molecule has 0 radical (unpaired) electrons. The van der Waals surface area contributed by atoms with Crippen molar-refractivity contribution in [3.05, 3.63) is 59.2 Å². The van der Waals surface area contributed by atoms with Gasteiger partial charge in [-0.1, -0.05) is 6.07 Å². The summed E-state index contributed by atoms with van der Waals surface area (Å²) in [5, 5.41) is 5.39. The van der Waals surface area contributed by atoms with Gasteiger partial charge in [-0.3, -0.25) is 0 Å². The summed E-state index contributed by atoms with van der Waals surface area (Å²) in [4.78, 5) is 23.2. The van der Waals surface area contributed by atoms with E-state index in [-0.39, 0.29) is 6.03 Å².